The summed E-state index contributed by atoms with van der Waals surface area (Å²) in [4.78, 5) is 22.1. The number of ether oxygens (including phenoxy) is 1. The van der Waals surface area contributed by atoms with E-state index < -0.39 is 0 Å². The predicted octanol–water partition coefficient (Wildman–Crippen LogP) is 2.90. The molecule has 0 spiro atoms. The third kappa shape index (κ3) is 3.70. The van der Waals surface area contributed by atoms with Crippen LogP contribution in [0.15, 0.2) is 73.2 Å². The maximum atomic E-state index is 11.9. The SMILES string of the molecule is O=C1CN(Cc2ccccc2)[C@H](c2ccc(Oc3cnccn3)cc2)N1. The fraction of sp³-hybridized carbons (Fsp3) is 0.150. The molecule has 1 amide bonds. The molecule has 6 heteroatoms. The summed E-state index contributed by atoms with van der Waals surface area (Å²) in [7, 11) is 0. The van der Waals surface area contributed by atoms with Gasteiger partial charge in [-0.25, -0.2) is 4.98 Å². The molecule has 1 N–H and O–H groups in total. The van der Waals surface area contributed by atoms with Gasteiger partial charge in [-0.2, -0.15) is 0 Å². The number of carbonyl (C=O) groups is 1. The molecule has 4 rings (SSSR count). The van der Waals surface area contributed by atoms with Crippen molar-refractivity contribution < 1.29 is 9.53 Å². The van der Waals surface area contributed by atoms with Crippen molar-refractivity contribution in [1.82, 2.24) is 20.2 Å². The molecule has 26 heavy (non-hydrogen) atoms. The Morgan fingerprint density at radius 1 is 1.08 bits per heavy atom. The van der Waals surface area contributed by atoms with Gasteiger partial charge in [0.2, 0.25) is 11.8 Å². The second-order valence-corrected chi connectivity index (χ2v) is 6.08. The van der Waals surface area contributed by atoms with Crippen molar-refractivity contribution in [2.45, 2.75) is 12.7 Å². The van der Waals surface area contributed by atoms with Crippen LogP contribution in [0, 0.1) is 0 Å². The van der Waals surface area contributed by atoms with E-state index in [4.69, 9.17) is 4.74 Å². The third-order valence-electron chi connectivity index (χ3n) is 4.20. The monoisotopic (exact) mass is 346 g/mol. The van der Waals surface area contributed by atoms with Gasteiger partial charge in [-0.15, -0.1) is 0 Å². The Kier molecular flexibility index (Phi) is 4.57. The standard InChI is InChI=1S/C20H18N4O2/c25-18-14-24(13-15-4-2-1-3-5-15)20(23-18)16-6-8-17(9-7-16)26-19-12-21-10-11-22-19/h1-12,20H,13-14H2,(H,23,25)/t20-/m1/s1. The summed E-state index contributed by atoms with van der Waals surface area (Å²) in [5, 5.41) is 3.03. The van der Waals surface area contributed by atoms with Crippen LogP contribution in [-0.2, 0) is 11.3 Å². The highest BCUT2D eigenvalue weighted by atomic mass is 16.5. The number of amides is 1. The summed E-state index contributed by atoms with van der Waals surface area (Å²) >= 11 is 0. The Hall–Kier alpha value is -3.25. The average molecular weight is 346 g/mol. The minimum Gasteiger partial charge on any atom is -0.438 e. The number of rotatable bonds is 5. The zero-order valence-electron chi connectivity index (χ0n) is 14.1. The lowest BCUT2D eigenvalue weighted by molar-refractivity contribution is -0.118. The van der Waals surface area contributed by atoms with Gasteiger partial charge < -0.3 is 10.1 Å². The van der Waals surface area contributed by atoms with Gasteiger partial charge in [-0.1, -0.05) is 42.5 Å². The van der Waals surface area contributed by atoms with Gasteiger partial charge >= 0.3 is 0 Å². The summed E-state index contributed by atoms with van der Waals surface area (Å²) in [6.45, 7) is 1.10. The van der Waals surface area contributed by atoms with Gasteiger partial charge in [0.15, 0.2) is 0 Å². The fourth-order valence-electron chi connectivity index (χ4n) is 3.00. The van der Waals surface area contributed by atoms with Crippen LogP contribution in [-0.4, -0.2) is 27.3 Å². The first-order valence-corrected chi connectivity index (χ1v) is 8.39. The molecule has 1 atom stereocenters. The summed E-state index contributed by atoms with van der Waals surface area (Å²) in [5.41, 5.74) is 2.19. The average Bonchev–Trinajstić information content (AvgIpc) is 3.04. The van der Waals surface area contributed by atoms with Crippen LogP contribution in [0.3, 0.4) is 0 Å². The molecule has 1 fully saturated rings. The molecule has 0 radical (unpaired) electrons. The largest absolute Gasteiger partial charge is 0.438 e. The van der Waals surface area contributed by atoms with E-state index in [2.05, 4.69) is 32.3 Å². The summed E-state index contributed by atoms with van der Waals surface area (Å²) in [6, 6.07) is 17.8. The quantitative estimate of drug-likeness (QED) is 0.769. The van der Waals surface area contributed by atoms with Gasteiger partial charge in [-0.05, 0) is 23.3 Å². The molecular formula is C20H18N4O2. The van der Waals surface area contributed by atoms with E-state index in [9.17, 15) is 4.79 Å². The van der Waals surface area contributed by atoms with E-state index in [1.807, 2.05) is 42.5 Å². The minimum atomic E-state index is -0.145. The van der Waals surface area contributed by atoms with Crippen molar-refractivity contribution >= 4 is 5.91 Å². The Labute approximate surface area is 151 Å². The van der Waals surface area contributed by atoms with Gasteiger partial charge in [0.25, 0.3) is 0 Å². The van der Waals surface area contributed by atoms with Crippen LogP contribution < -0.4 is 10.1 Å². The molecule has 3 aromatic rings. The number of carbonyl (C=O) groups excluding carboxylic acids is 1. The Bertz CT molecular complexity index is 869. The molecule has 1 aliphatic heterocycles. The highest BCUT2D eigenvalue weighted by Gasteiger charge is 2.30. The second kappa shape index (κ2) is 7.33. The lowest BCUT2D eigenvalue weighted by Gasteiger charge is -2.23. The molecule has 0 unspecified atom stereocenters. The van der Waals surface area contributed by atoms with Crippen LogP contribution in [0.2, 0.25) is 0 Å². The first kappa shape index (κ1) is 16.2. The Morgan fingerprint density at radius 2 is 1.88 bits per heavy atom. The van der Waals surface area contributed by atoms with Crippen LogP contribution in [0.5, 0.6) is 11.6 Å². The van der Waals surface area contributed by atoms with Gasteiger partial charge in [-0.3, -0.25) is 14.7 Å². The number of nitrogens with one attached hydrogen (secondary N) is 1. The van der Waals surface area contributed by atoms with Crippen molar-refractivity contribution in [3.05, 3.63) is 84.3 Å². The van der Waals surface area contributed by atoms with E-state index >= 15 is 0 Å². The molecule has 1 aromatic heterocycles. The van der Waals surface area contributed by atoms with E-state index in [0.29, 0.717) is 24.7 Å². The second-order valence-electron chi connectivity index (χ2n) is 6.08. The first-order valence-electron chi connectivity index (χ1n) is 8.39. The fourth-order valence-corrected chi connectivity index (χ4v) is 3.00. The van der Waals surface area contributed by atoms with Crippen molar-refractivity contribution in [3.63, 3.8) is 0 Å². The lowest BCUT2D eigenvalue weighted by Crippen LogP contribution is -2.27. The van der Waals surface area contributed by atoms with E-state index in [1.165, 1.54) is 5.56 Å². The topological polar surface area (TPSA) is 67.4 Å². The molecule has 0 saturated carbocycles. The zero-order chi connectivity index (χ0) is 17.8. The van der Waals surface area contributed by atoms with E-state index in [-0.39, 0.29) is 12.1 Å². The van der Waals surface area contributed by atoms with Crippen molar-refractivity contribution in [2.24, 2.45) is 0 Å². The summed E-state index contributed by atoms with van der Waals surface area (Å²) in [6.07, 6.45) is 4.60. The van der Waals surface area contributed by atoms with Gasteiger partial charge in [0.1, 0.15) is 11.9 Å². The minimum absolute atomic E-state index is 0.0332. The predicted molar refractivity (Wildman–Crippen MR) is 96.3 cm³/mol. The molecule has 0 aliphatic carbocycles. The maximum Gasteiger partial charge on any atom is 0.237 e. The van der Waals surface area contributed by atoms with Crippen LogP contribution >= 0.6 is 0 Å². The molecular weight excluding hydrogens is 328 g/mol. The lowest BCUT2D eigenvalue weighted by atomic mass is 10.1. The van der Waals surface area contributed by atoms with Crippen LogP contribution in [0.4, 0.5) is 0 Å². The number of benzene rings is 2. The van der Waals surface area contributed by atoms with Gasteiger partial charge in [0.05, 0.1) is 12.7 Å². The number of nitrogens with zero attached hydrogens (tertiary/aromatic N) is 3. The number of hydrogen-bond acceptors (Lipinski definition) is 5. The number of hydrogen-bond donors (Lipinski definition) is 1. The summed E-state index contributed by atoms with van der Waals surface area (Å²) in [5.74, 6) is 1.15. The van der Waals surface area contributed by atoms with Crippen molar-refractivity contribution in [2.75, 3.05) is 6.54 Å². The smallest absolute Gasteiger partial charge is 0.237 e. The molecule has 1 aliphatic rings. The highest BCUT2D eigenvalue weighted by molar-refractivity contribution is 5.80. The molecule has 130 valence electrons. The van der Waals surface area contributed by atoms with E-state index in [0.717, 1.165) is 5.56 Å². The van der Waals surface area contributed by atoms with Crippen molar-refractivity contribution in [3.8, 4) is 11.6 Å². The van der Waals surface area contributed by atoms with Crippen LogP contribution in [0.1, 0.15) is 17.3 Å². The maximum absolute atomic E-state index is 11.9. The summed E-state index contributed by atoms with van der Waals surface area (Å²) < 4.78 is 5.67. The highest BCUT2D eigenvalue weighted by Crippen LogP contribution is 2.27. The molecule has 2 aromatic carbocycles. The molecule has 6 nitrogen and oxygen atoms in total. The third-order valence-corrected chi connectivity index (χ3v) is 4.20. The van der Waals surface area contributed by atoms with Gasteiger partial charge in [0, 0.05) is 18.9 Å². The zero-order valence-corrected chi connectivity index (χ0v) is 14.1. The molecule has 0 bridgehead atoms. The normalized spacial score (nSPS) is 17.1. The van der Waals surface area contributed by atoms with Crippen LogP contribution in [0.25, 0.3) is 0 Å². The van der Waals surface area contributed by atoms with Crippen molar-refractivity contribution in [1.29, 1.82) is 0 Å². The molecule has 1 saturated heterocycles. The Morgan fingerprint density at radius 3 is 2.62 bits per heavy atom. The number of aromatic nitrogens is 2. The van der Waals surface area contributed by atoms with E-state index in [1.54, 1.807) is 18.6 Å². The first-order chi connectivity index (χ1) is 12.8. The molecule has 2 heterocycles. The Balaban J connectivity index is 1.49.